The van der Waals surface area contributed by atoms with Crippen LogP contribution in [0.15, 0.2) is 42.5 Å². The van der Waals surface area contributed by atoms with Gasteiger partial charge in [-0.3, -0.25) is 0 Å². The van der Waals surface area contributed by atoms with Gasteiger partial charge in [0.2, 0.25) is 10.0 Å². The molecule has 1 saturated carbocycles. The molecule has 0 spiro atoms. The minimum atomic E-state index is -3.13. The fraction of sp³-hybridized carbons (Fsp3) is 0.520. The van der Waals surface area contributed by atoms with Crippen molar-refractivity contribution in [1.82, 2.24) is 4.31 Å². The summed E-state index contributed by atoms with van der Waals surface area (Å²) < 4.78 is 39.9. The lowest BCUT2D eigenvalue weighted by Gasteiger charge is -2.32. The topological polar surface area (TPSA) is 63.4 Å². The number of aryl methyl sites for hydroxylation is 2. The highest BCUT2D eigenvalue weighted by molar-refractivity contribution is 7.89. The van der Waals surface area contributed by atoms with Crippen LogP contribution in [0.1, 0.15) is 53.9 Å². The fourth-order valence-electron chi connectivity index (χ4n) is 4.66. The van der Waals surface area contributed by atoms with E-state index in [4.69, 9.17) is 5.73 Å². The average Bonchev–Trinajstić information content (AvgIpc) is 3.53. The van der Waals surface area contributed by atoms with Crippen molar-refractivity contribution in [3.05, 3.63) is 70.5 Å². The number of hydrogen-bond acceptors (Lipinski definition) is 3. The lowest BCUT2D eigenvalue weighted by atomic mass is 9.76. The van der Waals surface area contributed by atoms with Crippen LogP contribution in [0.3, 0.4) is 0 Å². The van der Waals surface area contributed by atoms with E-state index in [0.717, 1.165) is 50.5 Å². The summed E-state index contributed by atoms with van der Waals surface area (Å²) in [5.41, 5.74) is 11.3. The lowest BCUT2D eigenvalue weighted by Crippen LogP contribution is -2.34. The van der Waals surface area contributed by atoms with E-state index in [9.17, 15) is 12.8 Å². The first-order valence-electron chi connectivity index (χ1n) is 11.4. The first-order valence-corrected chi connectivity index (χ1v) is 13.0. The molecule has 7 heteroatoms. The molecule has 2 N–H and O–H groups in total. The minimum Gasteiger partial charge on any atom is -0.327 e. The van der Waals surface area contributed by atoms with Gasteiger partial charge in [0, 0.05) is 25.6 Å². The summed E-state index contributed by atoms with van der Waals surface area (Å²) in [4.78, 5) is 0. The predicted molar refractivity (Wildman–Crippen MR) is 130 cm³/mol. The second-order valence-electron chi connectivity index (χ2n) is 9.32. The molecule has 0 aliphatic heterocycles. The van der Waals surface area contributed by atoms with Crippen LogP contribution in [0, 0.1) is 11.7 Å². The molecule has 2 unspecified atom stereocenters. The third-order valence-corrected chi connectivity index (χ3v) is 8.80. The zero-order valence-electron chi connectivity index (χ0n) is 18.7. The molecule has 0 bridgehead atoms. The third-order valence-electron chi connectivity index (χ3n) is 6.77. The van der Waals surface area contributed by atoms with Gasteiger partial charge in [-0.2, -0.15) is 0 Å². The van der Waals surface area contributed by atoms with Crippen LogP contribution < -0.4 is 5.73 Å². The molecule has 2 atom stereocenters. The van der Waals surface area contributed by atoms with Gasteiger partial charge in [0.15, 0.2) is 0 Å². The summed E-state index contributed by atoms with van der Waals surface area (Å²) in [6.07, 6.45) is 6.35. The monoisotopic (exact) mass is 480 g/mol. The van der Waals surface area contributed by atoms with E-state index < -0.39 is 10.0 Å². The van der Waals surface area contributed by atoms with Crippen molar-refractivity contribution < 1.29 is 12.8 Å². The van der Waals surface area contributed by atoms with Crippen molar-refractivity contribution in [3.8, 4) is 0 Å². The minimum absolute atomic E-state index is 0. The Hall–Kier alpha value is -1.47. The Bertz CT molecular complexity index is 1030. The van der Waals surface area contributed by atoms with E-state index in [1.54, 1.807) is 19.2 Å². The van der Waals surface area contributed by atoms with Crippen molar-refractivity contribution in [1.29, 1.82) is 0 Å². The van der Waals surface area contributed by atoms with E-state index in [1.165, 1.54) is 27.1 Å². The standard InChI is InChI=1S/C25H33FN2O2S.ClH/c1-28(31(29,30)17-19-7-8-19)13-3-5-18-9-10-21-11-12-25(27)24(23(21)15-18)16-20-4-2-6-22(26)14-20;/h2,4,6,9-10,14-15,19,24-25H,3,5,7-8,11-13,16-17,27H2,1H3;1H. The van der Waals surface area contributed by atoms with Crippen LogP contribution in [0.25, 0.3) is 0 Å². The van der Waals surface area contributed by atoms with E-state index in [0.29, 0.717) is 18.2 Å². The molecule has 0 radical (unpaired) electrons. The molecule has 0 saturated heterocycles. The van der Waals surface area contributed by atoms with Crippen LogP contribution >= 0.6 is 12.4 Å². The Kier molecular flexibility index (Phi) is 8.37. The highest BCUT2D eigenvalue weighted by atomic mass is 35.5. The summed E-state index contributed by atoms with van der Waals surface area (Å²) in [6.45, 7) is 0.540. The van der Waals surface area contributed by atoms with Crippen LogP contribution in [-0.4, -0.2) is 38.1 Å². The smallest absolute Gasteiger partial charge is 0.214 e. The van der Waals surface area contributed by atoms with Crippen molar-refractivity contribution in [3.63, 3.8) is 0 Å². The van der Waals surface area contributed by atoms with Crippen molar-refractivity contribution in [2.24, 2.45) is 11.7 Å². The number of nitrogens with zero attached hydrogens (tertiary/aromatic N) is 1. The van der Waals surface area contributed by atoms with E-state index >= 15 is 0 Å². The van der Waals surface area contributed by atoms with Gasteiger partial charge >= 0.3 is 0 Å². The maximum atomic E-state index is 13.7. The maximum absolute atomic E-state index is 13.7. The summed E-state index contributed by atoms with van der Waals surface area (Å²) in [6, 6.07) is 13.5. The molecule has 2 aromatic carbocycles. The summed E-state index contributed by atoms with van der Waals surface area (Å²) in [7, 11) is -1.44. The quantitative estimate of drug-likeness (QED) is 0.576. The molecule has 1 fully saturated rings. The second kappa shape index (κ2) is 10.6. The highest BCUT2D eigenvalue weighted by Crippen LogP contribution is 2.35. The fourth-order valence-corrected chi connectivity index (χ4v) is 6.25. The van der Waals surface area contributed by atoms with Crippen LogP contribution in [0.5, 0.6) is 0 Å². The predicted octanol–water partition coefficient (Wildman–Crippen LogP) is 4.45. The van der Waals surface area contributed by atoms with Crippen LogP contribution in [0.2, 0.25) is 0 Å². The molecule has 4 rings (SSSR count). The van der Waals surface area contributed by atoms with E-state index in [1.807, 2.05) is 6.07 Å². The first kappa shape index (κ1) is 25.2. The Balaban J connectivity index is 0.00000289. The number of nitrogens with two attached hydrogens (primary N) is 1. The average molecular weight is 481 g/mol. The molecule has 0 amide bonds. The Morgan fingerprint density at radius 2 is 1.88 bits per heavy atom. The van der Waals surface area contributed by atoms with Crippen LogP contribution in [-0.2, 0) is 29.3 Å². The zero-order valence-corrected chi connectivity index (χ0v) is 20.3. The van der Waals surface area contributed by atoms with Gasteiger partial charge in [-0.15, -0.1) is 12.4 Å². The number of rotatable bonds is 9. The normalized spacial score (nSPS) is 20.6. The Morgan fingerprint density at radius 1 is 1.09 bits per heavy atom. The van der Waals surface area contributed by atoms with Crippen LogP contribution in [0.4, 0.5) is 4.39 Å². The summed E-state index contributed by atoms with van der Waals surface area (Å²) >= 11 is 0. The number of hydrogen-bond donors (Lipinski definition) is 1. The lowest BCUT2D eigenvalue weighted by molar-refractivity contribution is 0.457. The van der Waals surface area contributed by atoms with Gasteiger partial charge in [-0.1, -0.05) is 30.3 Å². The number of halogens is 2. The Labute approximate surface area is 197 Å². The van der Waals surface area contributed by atoms with Gasteiger partial charge < -0.3 is 5.73 Å². The van der Waals surface area contributed by atoms with Crippen molar-refractivity contribution >= 4 is 22.4 Å². The molecule has 0 heterocycles. The molecule has 2 aromatic rings. The summed E-state index contributed by atoms with van der Waals surface area (Å²) in [5.74, 6) is 0.623. The zero-order chi connectivity index (χ0) is 22.0. The maximum Gasteiger partial charge on any atom is 0.214 e. The first-order chi connectivity index (χ1) is 14.8. The third kappa shape index (κ3) is 6.31. The number of benzene rings is 2. The van der Waals surface area contributed by atoms with E-state index in [-0.39, 0.29) is 30.2 Å². The Morgan fingerprint density at radius 3 is 2.59 bits per heavy atom. The molecule has 32 heavy (non-hydrogen) atoms. The number of fused-ring (bicyclic) bond motifs is 1. The highest BCUT2D eigenvalue weighted by Gasteiger charge is 2.30. The van der Waals surface area contributed by atoms with Crippen molar-refractivity contribution in [2.75, 3.05) is 19.3 Å². The largest absolute Gasteiger partial charge is 0.327 e. The molecular formula is C25H34ClFN2O2S. The van der Waals surface area contributed by atoms with Crippen molar-refractivity contribution in [2.45, 2.75) is 56.9 Å². The van der Waals surface area contributed by atoms with Gasteiger partial charge in [-0.25, -0.2) is 17.1 Å². The van der Waals surface area contributed by atoms with Gasteiger partial charge in [0.1, 0.15) is 5.82 Å². The molecular weight excluding hydrogens is 447 g/mol. The van der Waals surface area contributed by atoms with Gasteiger partial charge in [-0.05, 0) is 85.3 Å². The molecule has 2 aliphatic carbocycles. The molecule has 4 nitrogen and oxygen atoms in total. The molecule has 2 aliphatic rings. The second-order valence-corrected chi connectivity index (χ2v) is 11.4. The SMILES string of the molecule is CN(CCCc1ccc2c(c1)C(Cc1cccc(F)c1)C(N)CC2)S(=O)(=O)CC1CC1.Cl. The van der Waals surface area contributed by atoms with Gasteiger partial charge in [0.25, 0.3) is 0 Å². The van der Waals surface area contributed by atoms with Gasteiger partial charge in [0.05, 0.1) is 5.75 Å². The number of sulfonamides is 1. The van der Waals surface area contributed by atoms with E-state index in [2.05, 4.69) is 18.2 Å². The molecule has 0 aromatic heterocycles. The summed E-state index contributed by atoms with van der Waals surface area (Å²) in [5, 5.41) is 0. The molecule has 176 valence electrons.